The van der Waals surface area contributed by atoms with Crippen molar-refractivity contribution in [3.05, 3.63) is 12.7 Å². The molecule has 0 atom stereocenters. The average Bonchev–Trinajstić information content (AvgIpc) is 2.36. The number of nitrogen functional groups attached to an aromatic ring is 1. The summed E-state index contributed by atoms with van der Waals surface area (Å²) >= 11 is 0.854. The summed E-state index contributed by atoms with van der Waals surface area (Å²) in [6, 6.07) is 0. The Morgan fingerprint density at radius 1 is 1.58 bits per heavy atom. The smallest absolute Gasteiger partial charge is 0.234 e. The maximum Gasteiger partial charge on any atom is 0.234 e. The van der Waals surface area contributed by atoms with Gasteiger partial charge in [0.05, 0.1) is 5.75 Å². The van der Waals surface area contributed by atoms with Crippen LogP contribution in [-0.2, 0) is 9.84 Å². The fraction of sp³-hybridized carbons (Fsp3) is 0.200. The van der Waals surface area contributed by atoms with Crippen molar-refractivity contribution in [3.8, 4) is 0 Å². The van der Waals surface area contributed by atoms with Gasteiger partial charge in [0.2, 0.25) is 19.3 Å². The SMILES string of the molecule is C=CCS(=O)(=O)c1nnc(N)s1. The summed E-state index contributed by atoms with van der Waals surface area (Å²) in [7, 11) is -3.34. The molecular weight excluding hydrogens is 198 g/mol. The van der Waals surface area contributed by atoms with E-state index >= 15 is 0 Å². The molecule has 0 aliphatic carbocycles. The van der Waals surface area contributed by atoms with Gasteiger partial charge in [-0.05, 0) is 0 Å². The van der Waals surface area contributed by atoms with E-state index in [4.69, 9.17) is 5.73 Å². The zero-order valence-corrected chi connectivity index (χ0v) is 7.73. The molecule has 0 fully saturated rings. The highest BCUT2D eigenvalue weighted by Gasteiger charge is 2.17. The minimum atomic E-state index is -3.34. The van der Waals surface area contributed by atoms with Crippen LogP contribution in [0.2, 0.25) is 0 Å². The largest absolute Gasteiger partial charge is 0.374 e. The molecular formula is C5H7N3O2S2. The minimum Gasteiger partial charge on any atom is -0.374 e. The van der Waals surface area contributed by atoms with Gasteiger partial charge in [-0.2, -0.15) is 0 Å². The molecule has 0 amide bonds. The van der Waals surface area contributed by atoms with Gasteiger partial charge >= 0.3 is 0 Å². The van der Waals surface area contributed by atoms with Crippen molar-refractivity contribution in [1.29, 1.82) is 0 Å². The molecule has 0 bridgehead atoms. The quantitative estimate of drug-likeness (QED) is 0.706. The summed E-state index contributed by atoms with van der Waals surface area (Å²) in [4.78, 5) is 0. The number of sulfone groups is 1. The van der Waals surface area contributed by atoms with Crippen molar-refractivity contribution in [2.24, 2.45) is 0 Å². The maximum atomic E-state index is 11.2. The van der Waals surface area contributed by atoms with Crippen molar-refractivity contribution >= 4 is 26.3 Å². The third-order valence-corrected chi connectivity index (χ3v) is 3.87. The van der Waals surface area contributed by atoms with E-state index in [9.17, 15) is 8.42 Å². The van der Waals surface area contributed by atoms with Crippen LogP contribution >= 0.6 is 11.3 Å². The molecule has 0 unspecified atom stereocenters. The molecule has 0 radical (unpaired) electrons. The molecule has 1 heterocycles. The monoisotopic (exact) mass is 205 g/mol. The normalized spacial score (nSPS) is 11.3. The standard InChI is InChI=1S/C5H7N3O2S2/c1-2-3-12(9,10)5-8-7-4(6)11-5/h2H,1,3H2,(H2,6,7). The van der Waals surface area contributed by atoms with Crippen LogP contribution in [-0.4, -0.2) is 24.4 Å². The van der Waals surface area contributed by atoms with Gasteiger partial charge in [-0.25, -0.2) is 8.42 Å². The second kappa shape index (κ2) is 3.20. The molecule has 0 spiro atoms. The fourth-order valence-corrected chi connectivity index (χ4v) is 2.50. The van der Waals surface area contributed by atoms with E-state index in [2.05, 4.69) is 16.8 Å². The predicted molar refractivity (Wildman–Crippen MR) is 46.6 cm³/mol. The van der Waals surface area contributed by atoms with Crippen LogP contribution in [0.25, 0.3) is 0 Å². The number of hydrogen-bond donors (Lipinski definition) is 1. The topological polar surface area (TPSA) is 85.9 Å². The van der Waals surface area contributed by atoms with Crippen molar-refractivity contribution in [3.63, 3.8) is 0 Å². The molecule has 1 aromatic heterocycles. The maximum absolute atomic E-state index is 11.2. The van der Waals surface area contributed by atoms with Crippen LogP contribution < -0.4 is 5.73 Å². The minimum absolute atomic E-state index is 0.0556. The first-order chi connectivity index (χ1) is 5.56. The van der Waals surface area contributed by atoms with Crippen LogP contribution in [0.1, 0.15) is 0 Å². The van der Waals surface area contributed by atoms with Crippen LogP contribution in [0.15, 0.2) is 17.0 Å². The number of hydrogen-bond acceptors (Lipinski definition) is 6. The lowest BCUT2D eigenvalue weighted by Gasteiger charge is -1.91. The van der Waals surface area contributed by atoms with E-state index in [0.717, 1.165) is 11.3 Å². The average molecular weight is 205 g/mol. The van der Waals surface area contributed by atoms with Crippen LogP contribution in [0.5, 0.6) is 0 Å². The molecule has 2 N–H and O–H groups in total. The van der Waals surface area contributed by atoms with E-state index < -0.39 is 9.84 Å². The van der Waals surface area contributed by atoms with Gasteiger partial charge in [0.15, 0.2) is 0 Å². The molecule has 12 heavy (non-hydrogen) atoms. The lowest BCUT2D eigenvalue weighted by molar-refractivity contribution is 0.597. The van der Waals surface area contributed by atoms with Gasteiger partial charge in [-0.3, -0.25) is 0 Å². The lowest BCUT2D eigenvalue weighted by atomic mass is 10.8. The van der Waals surface area contributed by atoms with E-state index in [0.29, 0.717) is 0 Å². The van der Waals surface area contributed by atoms with Gasteiger partial charge in [-0.1, -0.05) is 17.4 Å². The number of nitrogens with two attached hydrogens (primary N) is 1. The first-order valence-electron chi connectivity index (χ1n) is 2.99. The molecule has 0 saturated heterocycles. The molecule has 1 rings (SSSR count). The summed E-state index contributed by atoms with van der Waals surface area (Å²) in [6.45, 7) is 3.32. The summed E-state index contributed by atoms with van der Waals surface area (Å²) in [6.07, 6.45) is 1.30. The molecule has 7 heteroatoms. The Morgan fingerprint density at radius 3 is 2.67 bits per heavy atom. The molecule has 0 aromatic carbocycles. The molecule has 0 aliphatic rings. The first kappa shape index (κ1) is 9.14. The van der Waals surface area contributed by atoms with Gasteiger partial charge in [0.1, 0.15) is 0 Å². The zero-order chi connectivity index (χ0) is 9.19. The van der Waals surface area contributed by atoms with Gasteiger partial charge in [0.25, 0.3) is 0 Å². The second-order valence-corrected chi connectivity index (χ2v) is 5.19. The number of nitrogens with zero attached hydrogens (tertiary/aromatic N) is 2. The number of anilines is 1. The van der Waals surface area contributed by atoms with Crippen LogP contribution in [0.3, 0.4) is 0 Å². The Bertz CT molecular complexity index is 381. The highest BCUT2D eigenvalue weighted by Crippen LogP contribution is 2.17. The van der Waals surface area contributed by atoms with E-state index in [1.54, 1.807) is 0 Å². The van der Waals surface area contributed by atoms with Crippen molar-refractivity contribution in [2.75, 3.05) is 11.5 Å². The summed E-state index contributed by atoms with van der Waals surface area (Å²) in [5.74, 6) is -0.137. The van der Waals surface area contributed by atoms with Gasteiger partial charge < -0.3 is 5.73 Å². The highest BCUT2D eigenvalue weighted by molar-refractivity contribution is 7.93. The third-order valence-electron chi connectivity index (χ3n) is 1.03. The Balaban J connectivity index is 3.06. The van der Waals surface area contributed by atoms with Crippen LogP contribution in [0, 0.1) is 0 Å². The molecule has 66 valence electrons. The molecule has 0 aliphatic heterocycles. The summed E-state index contributed by atoms with van der Waals surface area (Å²) in [5, 5.41) is 6.96. The number of aromatic nitrogens is 2. The zero-order valence-electron chi connectivity index (χ0n) is 6.10. The Kier molecular flexibility index (Phi) is 2.43. The predicted octanol–water partition coefficient (Wildman–Crippen LogP) is 0.0800. The fourth-order valence-electron chi connectivity index (χ4n) is 0.573. The Labute approximate surface area is 73.9 Å². The summed E-state index contributed by atoms with van der Waals surface area (Å²) in [5.41, 5.74) is 5.23. The van der Waals surface area contributed by atoms with E-state index in [1.165, 1.54) is 6.08 Å². The Morgan fingerprint density at radius 2 is 2.25 bits per heavy atom. The molecule has 5 nitrogen and oxygen atoms in total. The van der Waals surface area contributed by atoms with Crippen molar-refractivity contribution in [1.82, 2.24) is 10.2 Å². The van der Waals surface area contributed by atoms with E-state index in [1.807, 2.05) is 0 Å². The molecule has 1 aromatic rings. The van der Waals surface area contributed by atoms with Crippen LogP contribution in [0.4, 0.5) is 5.13 Å². The third kappa shape index (κ3) is 1.80. The highest BCUT2D eigenvalue weighted by atomic mass is 32.2. The lowest BCUT2D eigenvalue weighted by Crippen LogP contribution is -2.03. The van der Waals surface area contributed by atoms with Gasteiger partial charge in [-0.15, -0.1) is 16.8 Å². The number of rotatable bonds is 3. The van der Waals surface area contributed by atoms with Crippen molar-refractivity contribution < 1.29 is 8.42 Å². The Hall–Kier alpha value is -0.950. The van der Waals surface area contributed by atoms with Crippen molar-refractivity contribution in [2.45, 2.75) is 4.34 Å². The molecule has 0 saturated carbocycles. The van der Waals surface area contributed by atoms with E-state index in [-0.39, 0.29) is 15.2 Å². The van der Waals surface area contributed by atoms with Gasteiger partial charge in [0, 0.05) is 0 Å². The first-order valence-corrected chi connectivity index (χ1v) is 5.46. The second-order valence-electron chi connectivity index (χ2n) is 1.98. The summed E-state index contributed by atoms with van der Waals surface area (Å²) < 4.78 is 22.4.